The lowest BCUT2D eigenvalue weighted by Gasteiger charge is -2.21. The van der Waals surface area contributed by atoms with Crippen molar-refractivity contribution in [1.29, 1.82) is 0 Å². The van der Waals surface area contributed by atoms with Crippen molar-refractivity contribution in [2.45, 2.75) is 32.7 Å². The van der Waals surface area contributed by atoms with E-state index in [1.54, 1.807) is 0 Å². The molecule has 0 spiro atoms. The zero-order chi connectivity index (χ0) is 13.2. The number of para-hydroxylation sites is 1. The van der Waals surface area contributed by atoms with Crippen molar-refractivity contribution < 1.29 is 8.85 Å². The van der Waals surface area contributed by atoms with Gasteiger partial charge in [-0.1, -0.05) is 25.1 Å². The van der Waals surface area contributed by atoms with Gasteiger partial charge in [0.15, 0.2) is 0 Å². The standard InChI is InChI=1S/C14H25NO2Si/c1-4-16-18(17-5-2)13(3)11-12-15-14-9-7-6-8-10-14/h6-10,13,15,18H,4-5,11-12H2,1-3H3. The summed E-state index contributed by atoms with van der Waals surface area (Å²) in [6.45, 7) is 8.78. The molecule has 0 radical (unpaired) electrons. The summed E-state index contributed by atoms with van der Waals surface area (Å²) in [6.07, 6.45) is 1.09. The number of benzene rings is 1. The topological polar surface area (TPSA) is 30.5 Å². The number of rotatable bonds is 9. The molecule has 0 fully saturated rings. The first-order valence-corrected chi connectivity index (χ1v) is 8.41. The summed E-state index contributed by atoms with van der Waals surface area (Å²) < 4.78 is 11.5. The maximum atomic E-state index is 5.74. The smallest absolute Gasteiger partial charge is 0.324 e. The van der Waals surface area contributed by atoms with Crippen LogP contribution >= 0.6 is 0 Å². The lowest BCUT2D eigenvalue weighted by atomic mass is 10.3. The monoisotopic (exact) mass is 267 g/mol. The van der Waals surface area contributed by atoms with Gasteiger partial charge in [0.25, 0.3) is 0 Å². The average Bonchev–Trinajstić information content (AvgIpc) is 2.39. The highest BCUT2D eigenvalue weighted by molar-refractivity contribution is 6.46. The summed E-state index contributed by atoms with van der Waals surface area (Å²) in [4.78, 5) is 0. The predicted octanol–water partition coefficient (Wildman–Crippen LogP) is 3.17. The van der Waals surface area contributed by atoms with Gasteiger partial charge in [-0.05, 0) is 37.9 Å². The van der Waals surface area contributed by atoms with Crippen LogP contribution in [-0.2, 0) is 8.85 Å². The van der Waals surface area contributed by atoms with Gasteiger partial charge in [-0.15, -0.1) is 0 Å². The van der Waals surface area contributed by atoms with E-state index in [-0.39, 0.29) is 0 Å². The maximum Gasteiger partial charge on any atom is 0.324 e. The van der Waals surface area contributed by atoms with Crippen LogP contribution in [0.15, 0.2) is 30.3 Å². The van der Waals surface area contributed by atoms with E-state index in [0.717, 1.165) is 26.2 Å². The molecule has 102 valence electrons. The van der Waals surface area contributed by atoms with Crippen molar-refractivity contribution in [3.8, 4) is 0 Å². The van der Waals surface area contributed by atoms with Crippen LogP contribution in [0, 0.1) is 0 Å². The normalized spacial score (nSPS) is 12.7. The van der Waals surface area contributed by atoms with E-state index in [1.165, 1.54) is 5.69 Å². The van der Waals surface area contributed by atoms with Crippen LogP contribution in [0.1, 0.15) is 27.2 Å². The second-order valence-corrected chi connectivity index (χ2v) is 6.88. The molecule has 0 amide bonds. The van der Waals surface area contributed by atoms with E-state index in [2.05, 4.69) is 24.4 Å². The molecule has 0 aliphatic heterocycles. The second-order valence-electron chi connectivity index (χ2n) is 4.34. The molecule has 1 unspecified atom stereocenters. The number of hydrogen-bond acceptors (Lipinski definition) is 3. The third-order valence-corrected chi connectivity index (χ3v) is 5.42. The Kier molecular flexibility index (Phi) is 7.72. The van der Waals surface area contributed by atoms with Gasteiger partial charge in [0.1, 0.15) is 0 Å². The molecule has 0 saturated heterocycles. The molecular formula is C14H25NO2Si. The summed E-state index contributed by atoms with van der Waals surface area (Å²) >= 11 is 0. The molecule has 1 aromatic rings. The van der Waals surface area contributed by atoms with Crippen molar-refractivity contribution in [2.75, 3.05) is 25.1 Å². The Labute approximate surface area is 112 Å². The number of hydrogen-bond donors (Lipinski definition) is 1. The van der Waals surface area contributed by atoms with Gasteiger partial charge in [-0.25, -0.2) is 0 Å². The fraction of sp³-hybridized carbons (Fsp3) is 0.571. The van der Waals surface area contributed by atoms with E-state index in [0.29, 0.717) is 5.54 Å². The van der Waals surface area contributed by atoms with Crippen LogP contribution in [0.5, 0.6) is 0 Å². The Balaban J connectivity index is 2.28. The van der Waals surface area contributed by atoms with Crippen LogP contribution in [0.3, 0.4) is 0 Å². The molecule has 1 aromatic carbocycles. The molecule has 0 aromatic heterocycles. The van der Waals surface area contributed by atoms with Crippen LogP contribution in [0.2, 0.25) is 5.54 Å². The molecule has 1 N–H and O–H groups in total. The Morgan fingerprint density at radius 3 is 2.28 bits per heavy atom. The summed E-state index contributed by atoms with van der Waals surface area (Å²) in [6, 6.07) is 10.3. The first kappa shape index (κ1) is 15.2. The van der Waals surface area contributed by atoms with Crippen molar-refractivity contribution in [1.82, 2.24) is 0 Å². The minimum Gasteiger partial charge on any atom is -0.397 e. The van der Waals surface area contributed by atoms with Crippen LogP contribution in [0.4, 0.5) is 5.69 Å². The van der Waals surface area contributed by atoms with Crippen molar-refractivity contribution in [3.63, 3.8) is 0 Å². The lowest BCUT2D eigenvalue weighted by Crippen LogP contribution is -2.29. The zero-order valence-corrected chi connectivity index (χ0v) is 12.8. The Morgan fingerprint density at radius 2 is 1.72 bits per heavy atom. The predicted molar refractivity (Wildman–Crippen MR) is 79.4 cm³/mol. The Hall–Kier alpha value is -0.843. The molecule has 0 heterocycles. The summed E-state index contributed by atoms with van der Waals surface area (Å²) in [5.41, 5.74) is 1.71. The second kappa shape index (κ2) is 9.14. The third kappa shape index (κ3) is 5.66. The zero-order valence-electron chi connectivity index (χ0n) is 11.7. The highest BCUT2D eigenvalue weighted by Crippen LogP contribution is 2.17. The fourth-order valence-corrected chi connectivity index (χ4v) is 3.69. The number of nitrogens with one attached hydrogen (secondary N) is 1. The maximum absolute atomic E-state index is 5.74. The molecule has 18 heavy (non-hydrogen) atoms. The Bertz CT molecular complexity index is 302. The molecule has 3 nitrogen and oxygen atoms in total. The molecule has 0 saturated carbocycles. The molecule has 1 rings (SSSR count). The minimum atomic E-state index is -1.49. The van der Waals surface area contributed by atoms with Crippen molar-refractivity contribution >= 4 is 15.0 Å². The van der Waals surface area contributed by atoms with Crippen LogP contribution in [-0.4, -0.2) is 29.0 Å². The third-order valence-electron chi connectivity index (χ3n) is 2.83. The van der Waals surface area contributed by atoms with Gasteiger partial charge >= 0.3 is 9.28 Å². The van der Waals surface area contributed by atoms with Gasteiger partial charge in [0.2, 0.25) is 0 Å². The van der Waals surface area contributed by atoms with E-state index < -0.39 is 9.28 Å². The van der Waals surface area contributed by atoms with E-state index in [9.17, 15) is 0 Å². The molecular weight excluding hydrogens is 242 g/mol. The molecule has 0 aliphatic carbocycles. The lowest BCUT2D eigenvalue weighted by molar-refractivity contribution is 0.204. The van der Waals surface area contributed by atoms with Crippen molar-refractivity contribution in [3.05, 3.63) is 30.3 Å². The van der Waals surface area contributed by atoms with E-state index >= 15 is 0 Å². The van der Waals surface area contributed by atoms with E-state index in [4.69, 9.17) is 8.85 Å². The molecule has 0 aliphatic rings. The van der Waals surface area contributed by atoms with Gasteiger partial charge < -0.3 is 14.2 Å². The first-order chi connectivity index (χ1) is 8.77. The first-order valence-electron chi connectivity index (χ1n) is 6.80. The van der Waals surface area contributed by atoms with Gasteiger partial charge in [0.05, 0.1) is 0 Å². The molecule has 1 atom stereocenters. The van der Waals surface area contributed by atoms with E-state index in [1.807, 2.05) is 32.0 Å². The minimum absolute atomic E-state index is 0.529. The SMILES string of the molecule is CCO[SiH](OCC)C(C)CCNc1ccccc1. The van der Waals surface area contributed by atoms with Gasteiger partial charge in [-0.2, -0.15) is 0 Å². The van der Waals surface area contributed by atoms with Crippen molar-refractivity contribution in [2.24, 2.45) is 0 Å². The van der Waals surface area contributed by atoms with Gasteiger partial charge in [-0.3, -0.25) is 0 Å². The average molecular weight is 267 g/mol. The van der Waals surface area contributed by atoms with Gasteiger partial charge in [0, 0.05) is 25.4 Å². The quantitative estimate of drug-likeness (QED) is 0.697. The molecule has 4 heteroatoms. The molecule has 0 bridgehead atoms. The van der Waals surface area contributed by atoms with Crippen LogP contribution in [0.25, 0.3) is 0 Å². The summed E-state index contributed by atoms with van der Waals surface area (Å²) in [7, 11) is -1.49. The number of anilines is 1. The highest BCUT2D eigenvalue weighted by Gasteiger charge is 2.20. The summed E-state index contributed by atoms with van der Waals surface area (Å²) in [5.74, 6) is 0. The van der Waals surface area contributed by atoms with Crippen LogP contribution < -0.4 is 5.32 Å². The fourth-order valence-electron chi connectivity index (χ4n) is 1.84. The Morgan fingerprint density at radius 1 is 1.11 bits per heavy atom. The largest absolute Gasteiger partial charge is 0.397 e. The highest BCUT2D eigenvalue weighted by atomic mass is 28.3. The summed E-state index contributed by atoms with van der Waals surface area (Å²) in [5, 5.41) is 3.43.